The number of carbonyl (C=O) groups excluding carboxylic acids is 3. The number of rotatable bonds is 5. The average molecular weight is 416 g/mol. The number of nitrogens with one attached hydrogen (secondary N) is 1. The highest BCUT2D eigenvalue weighted by Crippen LogP contribution is 2.48. The Morgan fingerprint density at radius 2 is 1.93 bits per heavy atom. The number of amides is 3. The van der Waals surface area contributed by atoms with Crippen molar-refractivity contribution in [2.75, 3.05) is 18.8 Å². The number of benzene rings is 1. The Morgan fingerprint density at radius 1 is 1.21 bits per heavy atom. The predicted molar refractivity (Wildman–Crippen MR) is 113 cm³/mol. The number of hydrogen-bond donors (Lipinski definition) is 1. The second-order valence-electron chi connectivity index (χ2n) is 8.26. The molecule has 1 aromatic carbocycles. The fraction of sp³-hybridized carbons (Fsp3) is 0.591. The lowest BCUT2D eigenvalue weighted by Crippen LogP contribution is -2.56. The Hall–Kier alpha value is -2.02. The van der Waals surface area contributed by atoms with E-state index in [9.17, 15) is 14.4 Å². The Balaban J connectivity index is 1.50. The van der Waals surface area contributed by atoms with Gasteiger partial charge in [0.25, 0.3) is 5.91 Å². The van der Waals surface area contributed by atoms with E-state index in [4.69, 9.17) is 0 Å². The summed E-state index contributed by atoms with van der Waals surface area (Å²) in [6, 6.07) is 6.51. The van der Waals surface area contributed by atoms with Gasteiger partial charge in [-0.15, -0.1) is 11.8 Å². The van der Waals surface area contributed by atoms with Crippen LogP contribution in [0.2, 0.25) is 0 Å². The van der Waals surface area contributed by atoms with Crippen LogP contribution in [0, 0.1) is 5.92 Å². The van der Waals surface area contributed by atoms with Gasteiger partial charge in [-0.25, -0.2) is 0 Å². The molecule has 7 heteroatoms. The van der Waals surface area contributed by atoms with Crippen LogP contribution >= 0.6 is 11.8 Å². The predicted octanol–water partition coefficient (Wildman–Crippen LogP) is 2.80. The van der Waals surface area contributed by atoms with Crippen LogP contribution < -0.4 is 5.32 Å². The van der Waals surface area contributed by atoms with E-state index < -0.39 is 12.1 Å². The third-order valence-electron chi connectivity index (χ3n) is 6.44. The normalized spacial score (nSPS) is 25.4. The molecule has 0 saturated carbocycles. The van der Waals surface area contributed by atoms with Gasteiger partial charge in [0.2, 0.25) is 11.8 Å². The van der Waals surface area contributed by atoms with Gasteiger partial charge in [-0.3, -0.25) is 14.4 Å². The summed E-state index contributed by atoms with van der Waals surface area (Å²) in [5, 5.41) is 2.93. The Morgan fingerprint density at radius 3 is 2.66 bits per heavy atom. The van der Waals surface area contributed by atoms with Gasteiger partial charge >= 0.3 is 0 Å². The van der Waals surface area contributed by atoms with Gasteiger partial charge in [-0.1, -0.05) is 38.5 Å². The molecule has 0 unspecified atom stereocenters. The van der Waals surface area contributed by atoms with Gasteiger partial charge in [0.1, 0.15) is 17.5 Å². The second kappa shape index (κ2) is 8.38. The monoisotopic (exact) mass is 415 g/mol. The Labute approximate surface area is 176 Å². The van der Waals surface area contributed by atoms with E-state index in [0.29, 0.717) is 11.3 Å². The highest BCUT2D eigenvalue weighted by Gasteiger charge is 2.49. The lowest BCUT2D eigenvalue weighted by atomic mass is 9.96. The fourth-order valence-electron chi connectivity index (χ4n) is 4.49. The highest BCUT2D eigenvalue weighted by atomic mass is 32.2. The van der Waals surface area contributed by atoms with E-state index in [1.54, 1.807) is 16.7 Å². The first-order chi connectivity index (χ1) is 14.0. The maximum absolute atomic E-state index is 13.2. The van der Waals surface area contributed by atoms with Crippen molar-refractivity contribution in [2.45, 2.75) is 57.0 Å². The smallest absolute Gasteiger partial charge is 0.256 e. The van der Waals surface area contributed by atoms with E-state index in [1.807, 2.05) is 43.0 Å². The van der Waals surface area contributed by atoms with Crippen molar-refractivity contribution < 1.29 is 14.4 Å². The van der Waals surface area contributed by atoms with Crippen molar-refractivity contribution in [2.24, 2.45) is 5.92 Å². The van der Waals surface area contributed by atoms with Gasteiger partial charge in [0, 0.05) is 24.4 Å². The zero-order valence-electron chi connectivity index (χ0n) is 17.1. The molecule has 0 spiro atoms. The van der Waals surface area contributed by atoms with Crippen LogP contribution in [0.15, 0.2) is 24.3 Å². The molecule has 3 aliphatic rings. The van der Waals surface area contributed by atoms with Crippen molar-refractivity contribution in [3.05, 3.63) is 35.4 Å². The fourth-order valence-corrected chi connectivity index (χ4v) is 5.95. The molecule has 0 bridgehead atoms. The van der Waals surface area contributed by atoms with Crippen LogP contribution in [0.25, 0.3) is 0 Å². The maximum atomic E-state index is 13.2. The number of thioether (sulfide) groups is 1. The summed E-state index contributed by atoms with van der Waals surface area (Å²) in [5.74, 6) is 0.326. The molecule has 2 saturated heterocycles. The second-order valence-corrected chi connectivity index (χ2v) is 9.37. The quantitative estimate of drug-likeness (QED) is 0.803. The number of fused-ring (bicyclic) bond motifs is 3. The molecule has 3 heterocycles. The first-order valence-electron chi connectivity index (χ1n) is 10.6. The van der Waals surface area contributed by atoms with Crippen molar-refractivity contribution in [1.29, 1.82) is 0 Å². The van der Waals surface area contributed by atoms with E-state index >= 15 is 0 Å². The number of carbonyl (C=O) groups is 3. The number of likely N-dealkylation sites (tertiary alicyclic amines) is 1. The third kappa shape index (κ3) is 3.65. The number of hydrogen-bond acceptors (Lipinski definition) is 4. The van der Waals surface area contributed by atoms with Crippen LogP contribution in [-0.2, 0) is 9.59 Å². The van der Waals surface area contributed by atoms with Crippen molar-refractivity contribution in [3.63, 3.8) is 0 Å². The molecule has 3 aliphatic heterocycles. The van der Waals surface area contributed by atoms with Gasteiger partial charge in [-0.2, -0.15) is 0 Å². The first-order valence-corrected chi connectivity index (χ1v) is 11.7. The molecule has 29 heavy (non-hydrogen) atoms. The van der Waals surface area contributed by atoms with Crippen molar-refractivity contribution >= 4 is 29.5 Å². The van der Waals surface area contributed by atoms with Gasteiger partial charge in [0.05, 0.1) is 0 Å². The standard InChI is InChI=1S/C22H29N3O3S/c1-3-14(2)18(21(28)24-11-7-4-8-12-24)23-19(26)17-13-29-22-16-10-6-5-9-15(16)20(27)25(17)22/h5-6,9-10,14,17-18,22H,3-4,7-8,11-13H2,1-2H3,(H,23,26)/t14-,17-,18-,22+/m0/s1. The van der Waals surface area contributed by atoms with E-state index in [2.05, 4.69) is 5.32 Å². The SMILES string of the molecule is CC[C@H](C)[C@H](NC(=O)[C@@H]1CS[C@@H]2c3ccccc3C(=O)N21)C(=O)N1CCCCC1. The summed E-state index contributed by atoms with van der Waals surface area (Å²) in [4.78, 5) is 42.9. The molecular formula is C22H29N3O3S. The minimum atomic E-state index is -0.536. The topological polar surface area (TPSA) is 69.7 Å². The zero-order valence-corrected chi connectivity index (χ0v) is 17.9. The molecule has 2 fully saturated rings. The van der Waals surface area contributed by atoms with E-state index in [0.717, 1.165) is 44.3 Å². The lowest BCUT2D eigenvalue weighted by Gasteiger charge is -2.34. The first kappa shape index (κ1) is 20.3. The summed E-state index contributed by atoms with van der Waals surface area (Å²) in [6.45, 7) is 5.58. The van der Waals surface area contributed by atoms with Crippen molar-refractivity contribution in [3.8, 4) is 0 Å². The molecule has 4 atom stereocenters. The highest BCUT2D eigenvalue weighted by molar-refractivity contribution is 7.99. The van der Waals surface area contributed by atoms with E-state index in [-0.39, 0.29) is 29.0 Å². The molecule has 3 amide bonds. The average Bonchev–Trinajstić information content (AvgIpc) is 3.32. The van der Waals surface area contributed by atoms with Crippen LogP contribution in [0.3, 0.4) is 0 Å². The summed E-state index contributed by atoms with van der Waals surface area (Å²) in [6.07, 6.45) is 4.01. The van der Waals surface area contributed by atoms with Gasteiger partial charge in [-0.05, 0) is 36.8 Å². The molecule has 1 aromatic rings. The lowest BCUT2D eigenvalue weighted by molar-refractivity contribution is -0.139. The molecule has 1 N–H and O–H groups in total. The summed E-state index contributed by atoms with van der Waals surface area (Å²) in [5.41, 5.74) is 1.67. The van der Waals surface area contributed by atoms with Crippen LogP contribution in [0.4, 0.5) is 0 Å². The van der Waals surface area contributed by atoms with Gasteiger partial charge < -0.3 is 15.1 Å². The van der Waals surface area contributed by atoms with Gasteiger partial charge in [0.15, 0.2) is 0 Å². The summed E-state index contributed by atoms with van der Waals surface area (Å²) < 4.78 is 0. The Bertz CT molecular complexity index is 808. The minimum Gasteiger partial charge on any atom is -0.342 e. The zero-order chi connectivity index (χ0) is 20.5. The van der Waals surface area contributed by atoms with Crippen LogP contribution in [0.5, 0.6) is 0 Å². The maximum Gasteiger partial charge on any atom is 0.256 e. The number of piperidine rings is 1. The third-order valence-corrected chi connectivity index (χ3v) is 7.74. The minimum absolute atomic E-state index is 0.0191. The molecule has 0 radical (unpaired) electrons. The molecular weight excluding hydrogens is 386 g/mol. The van der Waals surface area contributed by atoms with Crippen LogP contribution in [0.1, 0.15) is 60.8 Å². The Kier molecular flexibility index (Phi) is 5.86. The molecule has 4 rings (SSSR count). The largest absolute Gasteiger partial charge is 0.342 e. The molecule has 0 aromatic heterocycles. The molecule has 6 nitrogen and oxygen atoms in total. The summed E-state index contributed by atoms with van der Waals surface area (Å²) in [7, 11) is 0. The van der Waals surface area contributed by atoms with Crippen molar-refractivity contribution in [1.82, 2.24) is 15.1 Å². The molecule has 0 aliphatic carbocycles. The van der Waals surface area contributed by atoms with E-state index in [1.165, 1.54) is 0 Å². The number of nitrogens with zero attached hydrogens (tertiary/aromatic N) is 2. The molecule has 156 valence electrons. The van der Waals surface area contributed by atoms with Crippen LogP contribution in [-0.4, -0.2) is 58.4 Å². The summed E-state index contributed by atoms with van der Waals surface area (Å²) >= 11 is 1.62.